The average Bonchev–Trinajstić information content (AvgIpc) is 2.62. The summed E-state index contributed by atoms with van der Waals surface area (Å²) < 4.78 is 1.82. The van der Waals surface area contributed by atoms with Crippen molar-refractivity contribution in [3.63, 3.8) is 0 Å². The number of carbonyl (C=O) groups is 2. The summed E-state index contributed by atoms with van der Waals surface area (Å²) in [6.07, 6.45) is 4.32. The molecule has 1 amide bonds. The Labute approximate surface area is 119 Å². The van der Waals surface area contributed by atoms with E-state index in [1.807, 2.05) is 24.6 Å². The molecule has 1 heterocycles. The first-order valence-corrected chi connectivity index (χ1v) is 7.16. The van der Waals surface area contributed by atoms with Gasteiger partial charge in [-0.1, -0.05) is 19.3 Å². The van der Waals surface area contributed by atoms with Crippen LogP contribution in [0, 0.1) is 12.8 Å². The van der Waals surface area contributed by atoms with E-state index in [1.54, 1.807) is 6.07 Å². The van der Waals surface area contributed by atoms with Crippen molar-refractivity contribution in [2.45, 2.75) is 45.1 Å². The van der Waals surface area contributed by atoms with E-state index in [9.17, 15) is 14.7 Å². The second kappa shape index (κ2) is 6.11. The number of nitrogens with zero attached hydrogens (tertiary/aromatic N) is 1. The van der Waals surface area contributed by atoms with E-state index in [1.165, 1.54) is 0 Å². The van der Waals surface area contributed by atoms with Crippen LogP contribution < -0.4 is 5.32 Å². The number of hydrogen-bond donors (Lipinski definition) is 2. The number of carboxylic acids is 1. The number of aryl methyl sites for hydroxylation is 1. The van der Waals surface area contributed by atoms with Crippen LogP contribution in [0.3, 0.4) is 0 Å². The van der Waals surface area contributed by atoms with E-state index >= 15 is 0 Å². The molecule has 1 aromatic rings. The third-order valence-electron chi connectivity index (χ3n) is 4.26. The maximum absolute atomic E-state index is 12.3. The molecular formula is C15H22N2O3. The fraction of sp³-hybridized carbons (Fsp3) is 0.600. The number of aromatic nitrogens is 1. The Balaban J connectivity index is 2.11. The molecule has 0 saturated heterocycles. The van der Waals surface area contributed by atoms with Gasteiger partial charge in [-0.05, 0) is 31.9 Å². The highest BCUT2D eigenvalue weighted by molar-refractivity contribution is 5.93. The molecule has 0 spiro atoms. The molecule has 1 fully saturated rings. The van der Waals surface area contributed by atoms with Crippen molar-refractivity contribution >= 4 is 11.9 Å². The van der Waals surface area contributed by atoms with Crippen LogP contribution in [0.1, 0.15) is 48.3 Å². The zero-order chi connectivity index (χ0) is 14.7. The minimum absolute atomic E-state index is 0.182. The molecule has 2 rings (SSSR count). The van der Waals surface area contributed by atoms with Crippen LogP contribution in [0.15, 0.2) is 12.1 Å². The van der Waals surface area contributed by atoms with Crippen molar-refractivity contribution in [3.05, 3.63) is 23.5 Å². The fourth-order valence-electron chi connectivity index (χ4n) is 2.86. The van der Waals surface area contributed by atoms with Gasteiger partial charge in [0.2, 0.25) is 0 Å². The molecule has 0 radical (unpaired) electrons. The molecule has 20 heavy (non-hydrogen) atoms. The van der Waals surface area contributed by atoms with E-state index in [2.05, 4.69) is 5.32 Å². The number of aliphatic carboxylic acids is 1. The van der Waals surface area contributed by atoms with Gasteiger partial charge in [-0.25, -0.2) is 0 Å². The Bertz CT molecular complexity index is 507. The largest absolute Gasteiger partial charge is 0.481 e. The minimum atomic E-state index is -0.805. The number of amides is 1. The Morgan fingerprint density at radius 1 is 1.25 bits per heavy atom. The van der Waals surface area contributed by atoms with Crippen molar-refractivity contribution in [1.82, 2.24) is 9.88 Å². The number of carbonyl (C=O) groups excluding carboxylic acids is 1. The van der Waals surface area contributed by atoms with Crippen molar-refractivity contribution in [1.29, 1.82) is 0 Å². The molecule has 0 aromatic carbocycles. The number of carboxylic acid groups (broad SMARTS) is 1. The first-order chi connectivity index (χ1) is 9.50. The highest BCUT2D eigenvalue weighted by atomic mass is 16.4. The van der Waals surface area contributed by atoms with Crippen LogP contribution in [0.4, 0.5) is 0 Å². The quantitative estimate of drug-likeness (QED) is 0.832. The molecule has 0 aliphatic heterocycles. The first-order valence-electron chi connectivity index (χ1n) is 7.16. The molecule has 0 bridgehead atoms. The lowest BCUT2D eigenvalue weighted by molar-refractivity contribution is -0.142. The number of rotatable bonds is 3. The summed E-state index contributed by atoms with van der Waals surface area (Å²) in [4.78, 5) is 23.7. The summed E-state index contributed by atoms with van der Waals surface area (Å²) >= 11 is 0. The fourth-order valence-corrected chi connectivity index (χ4v) is 2.86. The van der Waals surface area contributed by atoms with Crippen LogP contribution in [-0.4, -0.2) is 27.6 Å². The lowest BCUT2D eigenvalue weighted by atomic mass is 9.95. The van der Waals surface area contributed by atoms with Gasteiger partial charge in [0.25, 0.3) is 5.91 Å². The SMILES string of the molecule is Cc1ccc(C(=O)NC2CCCCCC2C(=O)O)n1C. The molecule has 110 valence electrons. The molecule has 1 aliphatic carbocycles. The summed E-state index contributed by atoms with van der Waals surface area (Å²) in [5, 5.41) is 12.2. The summed E-state index contributed by atoms with van der Waals surface area (Å²) in [6, 6.07) is 3.39. The highest BCUT2D eigenvalue weighted by Gasteiger charge is 2.31. The molecule has 5 heteroatoms. The summed E-state index contributed by atoms with van der Waals surface area (Å²) in [7, 11) is 1.84. The van der Waals surface area contributed by atoms with Gasteiger partial charge in [-0.2, -0.15) is 0 Å². The van der Waals surface area contributed by atoms with Crippen molar-refractivity contribution < 1.29 is 14.7 Å². The first kappa shape index (κ1) is 14.6. The van der Waals surface area contributed by atoms with Gasteiger partial charge in [-0.3, -0.25) is 9.59 Å². The van der Waals surface area contributed by atoms with Crippen LogP contribution >= 0.6 is 0 Å². The van der Waals surface area contributed by atoms with Crippen LogP contribution in [0.2, 0.25) is 0 Å². The maximum atomic E-state index is 12.3. The van der Waals surface area contributed by atoms with E-state index in [0.717, 1.165) is 31.4 Å². The second-order valence-electron chi connectivity index (χ2n) is 5.58. The molecule has 2 atom stereocenters. The highest BCUT2D eigenvalue weighted by Crippen LogP contribution is 2.24. The van der Waals surface area contributed by atoms with Crippen molar-refractivity contribution in [2.24, 2.45) is 13.0 Å². The van der Waals surface area contributed by atoms with Gasteiger partial charge < -0.3 is 15.0 Å². The smallest absolute Gasteiger partial charge is 0.308 e. The molecular weight excluding hydrogens is 256 g/mol. The Morgan fingerprint density at radius 3 is 2.55 bits per heavy atom. The topological polar surface area (TPSA) is 71.3 Å². The van der Waals surface area contributed by atoms with Crippen LogP contribution in [0.5, 0.6) is 0 Å². The van der Waals surface area contributed by atoms with Crippen LogP contribution in [-0.2, 0) is 11.8 Å². The third-order valence-corrected chi connectivity index (χ3v) is 4.26. The third kappa shape index (κ3) is 3.03. The average molecular weight is 278 g/mol. The number of hydrogen-bond acceptors (Lipinski definition) is 2. The molecule has 2 N–H and O–H groups in total. The Kier molecular flexibility index (Phi) is 4.47. The summed E-state index contributed by atoms with van der Waals surface area (Å²) in [5.41, 5.74) is 1.58. The van der Waals surface area contributed by atoms with E-state index < -0.39 is 11.9 Å². The predicted molar refractivity (Wildman–Crippen MR) is 75.6 cm³/mol. The summed E-state index contributed by atoms with van der Waals surface area (Å²) in [6.45, 7) is 1.93. The van der Waals surface area contributed by atoms with E-state index in [0.29, 0.717) is 12.1 Å². The predicted octanol–water partition coefficient (Wildman–Crippen LogP) is 2.10. The Morgan fingerprint density at radius 2 is 1.95 bits per heavy atom. The number of nitrogens with one attached hydrogen (secondary N) is 1. The van der Waals surface area contributed by atoms with Gasteiger partial charge >= 0.3 is 5.97 Å². The lowest BCUT2D eigenvalue weighted by Crippen LogP contribution is -2.43. The Hall–Kier alpha value is -1.78. The molecule has 1 aliphatic rings. The molecule has 5 nitrogen and oxygen atoms in total. The lowest BCUT2D eigenvalue weighted by Gasteiger charge is -2.23. The molecule has 1 saturated carbocycles. The standard InChI is InChI=1S/C15H22N2O3/c1-10-8-9-13(17(10)2)14(18)16-12-7-5-3-4-6-11(12)15(19)20/h8-9,11-12H,3-7H2,1-2H3,(H,16,18)(H,19,20). The van der Waals surface area contributed by atoms with Gasteiger partial charge in [0.1, 0.15) is 5.69 Å². The zero-order valence-corrected chi connectivity index (χ0v) is 12.1. The van der Waals surface area contributed by atoms with Crippen molar-refractivity contribution in [3.8, 4) is 0 Å². The van der Waals surface area contributed by atoms with Gasteiger partial charge in [0.05, 0.1) is 5.92 Å². The van der Waals surface area contributed by atoms with Crippen LogP contribution in [0.25, 0.3) is 0 Å². The summed E-state index contributed by atoms with van der Waals surface area (Å²) in [5.74, 6) is -1.46. The zero-order valence-electron chi connectivity index (χ0n) is 12.1. The maximum Gasteiger partial charge on any atom is 0.308 e. The van der Waals surface area contributed by atoms with E-state index in [-0.39, 0.29) is 11.9 Å². The minimum Gasteiger partial charge on any atom is -0.481 e. The van der Waals surface area contributed by atoms with Gasteiger partial charge in [0.15, 0.2) is 0 Å². The molecule has 2 unspecified atom stereocenters. The van der Waals surface area contributed by atoms with Gasteiger partial charge in [-0.15, -0.1) is 0 Å². The van der Waals surface area contributed by atoms with Gasteiger partial charge in [0, 0.05) is 18.8 Å². The second-order valence-corrected chi connectivity index (χ2v) is 5.58. The normalized spacial score (nSPS) is 23.1. The monoisotopic (exact) mass is 278 g/mol. The van der Waals surface area contributed by atoms with E-state index in [4.69, 9.17) is 0 Å². The van der Waals surface area contributed by atoms with Crippen molar-refractivity contribution in [2.75, 3.05) is 0 Å². The molecule has 1 aromatic heterocycles.